The zero-order valence-corrected chi connectivity index (χ0v) is 10.5. The quantitative estimate of drug-likeness (QED) is 0.679. The number of halogens is 1. The molecule has 2 rings (SSSR count). The van der Waals surface area contributed by atoms with Gasteiger partial charge in [0.1, 0.15) is 17.3 Å². The second-order valence-corrected chi connectivity index (χ2v) is 4.13. The highest BCUT2D eigenvalue weighted by Crippen LogP contribution is 2.29. The van der Waals surface area contributed by atoms with Gasteiger partial charge in [0.15, 0.2) is 0 Å². The summed E-state index contributed by atoms with van der Waals surface area (Å²) in [5.74, 6) is 0.354. The summed E-state index contributed by atoms with van der Waals surface area (Å²) < 4.78 is 19.3. The predicted octanol–water partition coefficient (Wildman–Crippen LogP) is 3.27. The van der Waals surface area contributed by atoms with Gasteiger partial charge >= 0.3 is 0 Å². The minimum absolute atomic E-state index is 0.00913. The average molecular weight is 264 g/mol. The van der Waals surface area contributed by atoms with Crippen molar-refractivity contribution < 1.29 is 13.7 Å². The standard InChI is InChI=1S/C13H13FN2O3/c1-8(15-2)12-5-6-13(19-12)10-4-3-9(16(17)18)7-11(10)14/h3-8,15H,1-2H3. The summed E-state index contributed by atoms with van der Waals surface area (Å²) in [4.78, 5) is 9.91. The lowest BCUT2D eigenvalue weighted by Gasteiger charge is -2.05. The van der Waals surface area contributed by atoms with E-state index in [1.807, 2.05) is 6.92 Å². The average Bonchev–Trinajstić information content (AvgIpc) is 2.87. The maximum absolute atomic E-state index is 13.8. The van der Waals surface area contributed by atoms with Gasteiger partial charge in [-0.05, 0) is 32.2 Å². The van der Waals surface area contributed by atoms with E-state index in [-0.39, 0.29) is 17.3 Å². The highest BCUT2D eigenvalue weighted by molar-refractivity contribution is 5.60. The number of non-ortho nitro benzene ring substituents is 1. The van der Waals surface area contributed by atoms with Crippen molar-refractivity contribution in [2.75, 3.05) is 7.05 Å². The van der Waals surface area contributed by atoms with Crippen molar-refractivity contribution in [1.82, 2.24) is 5.32 Å². The molecule has 19 heavy (non-hydrogen) atoms. The normalized spacial score (nSPS) is 12.4. The van der Waals surface area contributed by atoms with Gasteiger partial charge in [-0.3, -0.25) is 10.1 Å². The van der Waals surface area contributed by atoms with E-state index < -0.39 is 10.7 Å². The Morgan fingerprint density at radius 2 is 2.11 bits per heavy atom. The van der Waals surface area contributed by atoms with E-state index in [2.05, 4.69) is 5.32 Å². The number of nitrogens with zero attached hydrogens (tertiary/aromatic N) is 1. The second kappa shape index (κ2) is 5.19. The summed E-state index contributed by atoms with van der Waals surface area (Å²) in [5.41, 5.74) is -0.0724. The number of furan rings is 1. The number of hydrogen-bond acceptors (Lipinski definition) is 4. The summed E-state index contributed by atoms with van der Waals surface area (Å²) in [6, 6.07) is 6.89. The lowest BCUT2D eigenvalue weighted by atomic mass is 10.1. The van der Waals surface area contributed by atoms with E-state index in [0.29, 0.717) is 11.5 Å². The molecule has 5 nitrogen and oxygen atoms in total. The first-order chi connectivity index (χ1) is 9.02. The minimum Gasteiger partial charge on any atom is -0.459 e. The van der Waals surface area contributed by atoms with Gasteiger partial charge in [-0.25, -0.2) is 4.39 Å². The van der Waals surface area contributed by atoms with Crippen molar-refractivity contribution in [2.45, 2.75) is 13.0 Å². The third kappa shape index (κ3) is 2.63. The molecule has 1 atom stereocenters. The van der Waals surface area contributed by atoms with Crippen LogP contribution in [0.5, 0.6) is 0 Å². The smallest absolute Gasteiger partial charge is 0.272 e. The molecule has 0 saturated heterocycles. The van der Waals surface area contributed by atoms with Crippen LogP contribution < -0.4 is 5.32 Å². The zero-order chi connectivity index (χ0) is 14.0. The van der Waals surface area contributed by atoms with Gasteiger partial charge in [0.2, 0.25) is 0 Å². The SMILES string of the molecule is CNC(C)c1ccc(-c2ccc([N+](=O)[O-])cc2F)o1. The van der Waals surface area contributed by atoms with E-state index >= 15 is 0 Å². The first kappa shape index (κ1) is 13.2. The molecule has 0 aliphatic rings. The molecule has 0 amide bonds. The number of nitro groups is 1. The molecule has 0 bridgehead atoms. The Kier molecular flexibility index (Phi) is 3.62. The minimum atomic E-state index is -0.674. The van der Waals surface area contributed by atoms with Gasteiger partial charge in [-0.15, -0.1) is 0 Å². The van der Waals surface area contributed by atoms with Crippen molar-refractivity contribution in [3.8, 4) is 11.3 Å². The third-order valence-electron chi connectivity index (χ3n) is 2.92. The molecule has 1 heterocycles. The Bertz CT molecular complexity index is 610. The number of hydrogen-bond donors (Lipinski definition) is 1. The Morgan fingerprint density at radius 1 is 1.37 bits per heavy atom. The van der Waals surface area contributed by atoms with Crippen molar-refractivity contribution >= 4 is 5.69 Å². The molecule has 0 fully saturated rings. The third-order valence-corrected chi connectivity index (χ3v) is 2.92. The number of nitrogens with one attached hydrogen (secondary N) is 1. The summed E-state index contributed by atoms with van der Waals surface area (Å²) in [6.07, 6.45) is 0. The topological polar surface area (TPSA) is 68.3 Å². The summed E-state index contributed by atoms with van der Waals surface area (Å²) in [5, 5.41) is 13.5. The fraction of sp³-hybridized carbons (Fsp3) is 0.231. The molecule has 0 aliphatic carbocycles. The van der Waals surface area contributed by atoms with Crippen LogP contribution in [0, 0.1) is 15.9 Å². The van der Waals surface area contributed by atoms with E-state index in [9.17, 15) is 14.5 Å². The van der Waals surface area contributed by atoms with Gasteiger partial charge in [0.25, 0.3) is 5.69 Å². The van der Waals surface area contributed by atoms with Crippen LogP contribution in [0.2, 0.25) is 0 Å². The van der Waals surface area contributed by atoms with Crippen LogP contribution >= 0.6 is 0 Å². The largest absolute Gasteiger partial charge is 0.459 e. The molecular formula is C13H13FN2O3. The molecule has 0 saturated carbocycles. The molecule has 1 aromatic carbocycles. The first-order valence-corrected chi connectivity index (χ1v) is 5.74. The molecular weight excluding hydrogens is 251 g/mol. The summed E-state index contributed by atoms with van der Waals surface area (Å²) in [6.45, 7) is 1.91. The molecule has 1 N–H and O–H groups in total. The summed E-state index contributed by atoms with van der Waals surface area (Å²) in [7, 11) is 1.79. The van der Waals surface area contributed by atoms with Crippen LogP contribution in [-0.2, 0) is 0 Å². The molecule has 0 radical (unpaired) electrons. The summed E-state index contributed by atoms with van der Waals surface area (Å²) >= 11 is 0. The second-order valence-electron chi connectivity index (χ2n) is 4.13. The van der Waals surface area contributed by atoms with Gasteiger partial charge in [-0.1, -0.05) is 0 Å². The Morgan fingerprint density at radius 3 is 2.68 bits per heavy atom. The number of nitro benzene ring substituents is 1. The predicted molar refractivity (Wildman–Crippen MR) is 68.2 cm³/mol. The number of rotatable bonds is 4. The molecule has 0 spiro atoms. The van der Waals surface area contributed by atoms with E-state index in [4.69, 9.17) is 4.42 Å². The molecule has 2 aromatic rings. The lowest BCUT2D eigenvalue weighted by Crippen LogP contribution is -2.11. The zero-order valence-electron chi connectivity index (χ0n) is 10.5. The van der Waals surface area contributed by atoms with Crippen LogP contribution in [0.3, 0.4) is 0 Å². The fourth-order valence-electron chi connectivity index (χ4n) is 1.69. The molecule has 1 aromatic heterocycles. The van der Waals surface area contributed by atoms with Crippen molar-refractivity contribution in [3.05, 3.63) is 52.0 Å². The van der Waals surface area contributed by atoms with Crippen molar-refractivity contribution in [3.63, 3.8) is 0 Å². The van der Waals surface area contributed by atoms with Crippen LogP contribution in [-0.4, -0.2) is 12.0 Å². The van der Waals surface area contributed by atoms with Crippen LogP contribution in [0.25, 0.3) is 11.3 Å². The van der Waals surface area contributed by atoms with Gasteiger partial charge in [-0.2, -0.15) is 0 Å². The van der Waals surface area contributed by atoms with Gasteiger partial charge < -0.3 is 9.73 Å². The van der Waals surface area contributed by atoms with Gasteiger partial charge in [0.05, 0.1) is 22.6 Å². The van der Waals surface area contributed by atoms with Crippen molar-refractivity contribution in [2.24, 2.45) is 0 Å². The molecule has 0 aliphatic heterocycles. The van der Waals surface area contributed by atoms with Gasteiger partial charge in [0, 0.05) is 6.07 Å². The molecule has 1 unspecified atom stereocenters. The molecule has 100 valence electrons. The molecule has 6 heteroatoms. The highest BCUT2D eigenvalue weighted by atomic mass is 19.1. The van der Waals surface area contributed by atoms with E-state index in [1.165, 1.54) is 12.1 Å². The van der Waals surface area contributed by atoms with Crippen LogP contribution in [0.1, 0.15) is 18.7 Å². The van der Waals surface area contributed by atoms with E-state index in [0.717, 1.165) is 6.07 Å². The highest BCUT2D eigenvalue weighted by Gasteiger charge is 2.15. The van der Waals surface area contributed by atoms with Crippen LogP contribution in [0.4, 0.5) is 10.1 Å². The number of benzene rings is 1. The maximum Gasteiger partial charge on any atom is 0.272 e. The first-order valence-electron chi connectivity index (χ1n) is 5.74. The van der Waals surface area contributed by atoms with Crippen LogP contribution in [0.15, 0.2) is 34.7 Å². The Hall–Kier alpha value is -2.21. The van der Waals surface area contributed by atoms with E-state index in [1.54, 1.807) is 19.2 Å². The maximum atomic E-state index is 13.8. The monoisotopic (exact) mass is 264 g/mol. The fourth-order valence-corrected chi connectivity index (χ4v) is 1.69. The van der Waals surface area contributed by atoms with Crippen molar-refractivity contribution in [1.29, 1.82) is 0 Å². The lowest BCUT2D eigenvalue weighted by molar-refractivity contribution is -0.385. The Labute approximate surface area is 109 Å². The Balaban J connectivity index is 2.37.